The number of carbonyl (C=O) groups excluding carboxylic acids is 1. The molecule has 188 valence electrons. The van der Waals surface area contributed by atoms with Crippen molar-refractivity contribution in [2.45, 2.75) is 37.6 Å². The minimum absolute atomic E-state index is 0.0463. The van der Waals surface area contributed by atoms with E-state index in [1.54, 1.807) is 0 Å². The van der Waals surface area contributed by atoms with Gasteiger partial charge < -0.3 is 35.2 Å². The minimum atomic E-state index is -5.07. The molecule has 33 heavy (non-hydrogen) atoms. The van der Waals surface area contributed by atoms with Gasteiger partial charge in [0.15, 0.2) is 0 Å². The summed E-state index contributed by atoms with van der Waals surface area (Å²) in [6.07, 6.45) is -8.53. The summed E-state index contributed by atoms with van der Waals surface area (Å²) in [6.45, 7) is 2.76. The predicted molar refractivity (Wildman–Crippen MR) is 103 cm³/mol. The summed E-state index contributed by atoms with van der Waals surface area (Å²) in [7, 11) is 0. The number of nitrogens with one attached hydrogen (secondary N) is 1. The van der Waals surface area contributed by atoms with E-state index in [9.17, 15) is 33.3 Å². The van der Waals surface area contributed by atoms with Crippen LogP contribution in [0.3, 0.4) is 0 Å². The highest BCUT2D eigenvalue weighted by Crippen LogP contribution is 2.42. The molecule has 1 aromatic carbocycles. The first kappa shape index (κ1) is 29.0. The van der Waals surface area contributed by atoms with Crippen molar-refractivity contribution < 1.29 is 63.8 Å². The SMILES string of the molecule is CC(ON)OC(=O)C1=Cc2cc(Cl)cc(C(O)(O)O)c2OC1C(F)(F)F.OC1CNC1.[NH3+]O. The fraction of sp³-hybridized carbons (Fsp3) is 0.471. The van der Waals surface area contributed by atoms with E-state index in [1.807, 2.05) is 0 Å². The van der Waals surface area contributed by atoms with Gasteiger partial charge in [-0.05, 0) is 25.1 Å². The van der Waals surface area contributed by atoms with Crippen LogP contribution < -0.4 is 21.8 Å². The van der Waals surface area contributed by atoms with Crippen LogP contribution in [0.1, 0.15) is 18.1 Å². The molecule has 0 amide bonds. The fourth-order valence-corrected chi connectivity index (χ4v) is 2.68. The van der Waals surface area contributed by atoms with E-state index in [2.05, 4.69) is 20.8 Å². The molecule has 1 aromatic rings. The van der Waals surface area contributed by atoms with Crippen molar-refractivity contribution in [1.29, 1.82) is 0 Å². The Labute approximate surface area is 189 Å². The number of fused-ring (bicyclic) bond motifs is 1. The highest BCUT2D eigenvalue weighted by Gasteiger charge is 2.50. The predicted octanol–water partition coefficient (Wildman–Crippen LogP) is -1.52. The zero-order valence-electron chi connectivity index (χ0n) is 17.0. The molecular formula is C17H24ClF3N3O9+. The van der Waals surface area contributed by atoms with Gasteiger partial charge in [0, 0.05) is 23.7 Å². The van der Waals surface area contributed by atoms with Crippen LogP contribution in [-0.2, 0) is 20.3 Å². The Balaban J connectivity index is 0.000000671. The van der Waals surface area contributed by atoms with Crippen molar-refractivity contribution in [1.82, 2.24) is 5.32 Å². The third-order valence-corrected chi connectivity index (χ3v) is 4.25. The number of β-amino-alcohol motifs (C(OH)–C–C–N with tert-alkyl or cyclic N) is 1. The molecule has 2 unspecified atom stereocenters. The van der Waals surface area contributed by atoms with Crippen molar-refractivity contribution in [3.8, 4) is 5.75 Å². The van der Waals surface area contributed by atoms with Crippen LogP contribution in [0.25, 0.3) is 6.08 Å². The third kappa shape index (κ3) is 8.04. The first-order valence-electron chi connectivity index (χ1n) is 8.97. The first-order chi connectivity index (χ1) is 15.2. The summed E-state index contributed by atoms with van der Waals surface area (Å²) < 4.78 is 49.3. The summed E-state index contributed by atoms with van der Waals surface area (Å²) >= 11 is 5.76. The third-order valence-electron chi connectivity index (χ3n) is 4.03. The standard InChI is InChI=1S/C14H13ClF3NO7.C3H7NO.H4NO/c1-5(26-19)24-12(20)8-3-6-2-7(15)4-9(14(21,22)23)10(6)25-11(8)13(16,17)18;5-3-1-4-2-3;1-2/h2-5,11,21-23H,19H2,1H3;3-5H,1-2H2;2H,1H3/q;;+1. The molecule has 0 saturated carbocycles. The summed E-state index contributed by atoms with van der Waals surface area (Å²) in [5.74, 6) is 1.36. The van der Waals surface area contributed by atoms with Crippen molar-refractivity contribution in [3.05, 3.63) is 33.9 Å². The number of rotatable bonds is 4. The van der Waals surface area contributed by atoms with Gasteiger partial charge in [0.25, 0.3) is 0 Å². The van der Waals surface area contributed by atoms with Crippen LogP contribution in [0, 0.1) is 0 Å². The van der Waals surface area contributed by atoms with Crippen molar-refractivity contribution in [2.24, 2.45) is 5.90 Å². The second-order valence-electron chi connectivity index (χ2n) is 6.57. The number of hydrogen-bond donors (Lipinski definition) is 8. The Kier molecular flexibility index (Phi) is 10.4. The number of esters is 1. The number of hydrogen-bond acceptors (Lipinski definition) is 11. The Bertz CT molecular complexity index is 845. The second kappa shape index (κ2) is 11.9. The highest BCUT2D eigenvalue weighted by atomic mass is 35.5. The quantitative estimate of drug-likeness (QED) is 0.133. The van der Waals surface area contributed by atoms with Gasteiger partial charge in [-0.1, -0.05) is 11.6 Å². The Hall–Kier alpha value is -2.05. The zero-order chi connectivity index (χ0) is 25.6. The maximum absolute atomic E-state index is 13.3. The van der Waals surface area contributed by atoms with E-state index in [4.69, 9.17) is 32.5 Å². The summed E-state index contributed by atoms with van der Waals surface area (Å²) in [5.41, 5.74) is -2.01. The Morgan fingerprint density at radius 1 is 1.30 bits per heavy atom. The molecule has 0 bridgehead atoms. The maximum Gasteiger partial charge on any atom is 0.430 e. The molecule has 3 rings (SSSR count). The van der Waals surface area contributed by atoms with E-state index in [0.29, 0.717) is 0 Å². The lowest BCUT2D eigenvalue weighted by Gasteiger charge is -2.31. The molecule has 1 fully saturated rings. The second-order valence-corrected chi connectivity index (χ2v) is 7.00. The molecular weight excluding hydrogens is 483 g/mol. The van der Waals surface area contributed by atoms with Crippen molar-refractivity contribution >= 4 is 23.6 Å². The maximum atomic E-state index is 13.3. The molecule has 2 atom stereocenters. The van der Waals surface area contributed by atoms with Gasteiger partial charge in [0.05, 0.1) is 17.2 Å². The molecule has 0 radical (unpaired) electrons. The van der Waals surface area contributed by atoms with E-state index < -0.39 is 47.4 Å². The molecule has 0 aromatic heterocycles. The zero-order valence-corrected chi connectivity index (χ0v) is 17.8. The molecule has 0 spiro atoms. The molecule has 1 saturated heterocycles. The molecule has 11 N–H and O–H groups in total. The number of aliphatic hydroxyl groups excluding tert-OH is 1. The molecule has 2 aliphatic rings. The lowest BCUT2D eigenvalue weighted by molar-refractivity contribution is -0.670. The van der Waals surface area contributed by atoms with Crippen LogP contribution in [0.5, 0.6) is 5.75 Å². The topological polar surface area (TPSA) is 212 Å². The Morgan fingerprint density at radius 3 is 2.24 bits per heavy atom. The average molecular weight is 507 g/mol. The molecule has 2 heterocycles. The van der Waals surface area contributed by atoms with Gasteiger partial charge in [0.2, 0.25) is 12.4 Å². The van der Waals surface area contributed by atoms with Gasteiger partial charge >= 0.3 is 18.1 Å². The number of halogens is 4. The van der Waals surface area contributed by atoms with Crippen molar-refractivity contribution in [3.63, 3.8) is 0 Å². The lowest BCUT2D eigenvalue weighted by Crippen LogP contribution is -2.46. The Morgan fingerprint density at radius 2 is 1.85 bits per heavy atom. The van der Waals surface area contributed by atoms with E-state index in [0.717, 1.165) is 31.3 Å². The van der Waals surface area contributed by atoms with Crippen LogP contribution in [0.2, 0.25) is 5.02 Å². The summed E-state index contributed by atoms with van der Waals surface area (Å²) in [6, 6.07) is 1.89. The van der Waals surface area contributed by atoms with Crippen LogP contribution >= 0.6 is 11.6 Å². The number of benzene rings is 1. The van der Waals surface area contributed by atoms with E-state index in [-0.39, 0.29) is 16.7 Å². The largest absolute Gasteiger partial charge is 0.475 e. The highest BCUT2D eigenvalue weighted by molar-refractivity contribution is 6.31. The lowest BCUT2D eigenvalue weighted by atomic mass is 9.98. The normalized spacial score (nSPS) is 18.7. The number of quaternary nitrogens is 1. The van der Waals surface area contributed by atoms with Gasteiger partial charge in [0.1, 0.15) is 5.75 Å². The fourth-order valence-electron chi connectivity index (χ4n) is 2.46. The minimum Gasteiger partial charge on any atom is -0.475 e. The first-order valence-corrected chi connectivity index (χ1v) is 9.34. The molecule has 2 aliphatic heterocycles. The number of nitrogens with two attached hydrogens (primary N) is 1. The van der Waals surface area contributed by atoms with Gasteiger partial charge in [-0.3, -0.25) is 4.84 Å². The molecule has 12 nitrogen and oxygen atoms in total. The van der Waals surface area contributed by atoms with E-state index >= 15 is 0 Å². The van der Waals surface area contributed by atoms with Gasteiger partial charge in [-0.2, -0.15) is 13.2 Å². The monoisotopic (exact) mass is 506 g/mol. The van der Waals surface area contributed by atoms with Crippen LogP contribution in [-0.4, -0.2) is 69.4 Å². The number of carbonyl (C=O) groups is 1. The number of aliphatic hydroxyl groups is 4. The molecule has 16 heteroatoms. The summed E-state index contributed by atoms with van der Waals surface area (Å²) in [4.78, 5) is 16.2. The average Bonchev–Trinajstić information content (AvgIpc) is 2.71. The number of ether oxygens (including phenoxy) is 2. The van der Waals surface area contributed by atoms with Gasteiger partial charge in [-0.25, -0.2) is 21.8 Å². The summed E-state index contributed by atoms with van der Waals surface area (Å²) in [5, 5.41) is 45.9. The van der Waals surface area contributed by atoms with Crippen molar-refractivity contribution in [2.75, 3.05) is 13.1 Å². The number of alkyl halides is 3. The van der Waals surface area contributed by atoms with E-state index in [1.165, 1.54) is 6.92 Å². The van der Waals surface area contributed by atoms with Gasteiger partial charge in [-0.15, -0.1) is 0 Å². The van der Waals surface area contributed by atoms with Crippen LogP contribution in [0.4, 0.5) is 13.2 Å². The van der Waals surface area contributed by atoms with Crippen LogP contribution in [0.15, 0.2) is 17.7 Å². The molecule has 0 aliphatic carbocycles. The smallest absolute Gasteiger partial charge is 0.430 e.